The molecule has 0 heterocycles. The summed E-state index contributed by atoms with van der Waals surface area (Å²) >= 11 is 0. The summed E-state index contributed by atoms with van der Waals surface area (Å²) in [4.78, 5) is 0. The van der Waals surface area contributed by atoms with E-state index in [-0.39, 0.29) is 12.1 Å². The Hall–Kier alpha value is -1.62. The van der Waals surface area contributed by atoms with E-state index in [9.17, 15) is 52.7 Å². The van der Waals surface area contributed by atoms with Gasteiger partial charge in [-0.05, 0) is 11.1 Å². The van der Waals surface area contributed by atoms with Gasteiger partial charge in [-0.15, -0.1) is 0 Å². The number of halogens is 12. The standard InChI is InChI=1S/C13H6F12/c14-10(15,16)8(11(17,18)19)5-9(12(20,21)22,13(23,24)25)7-4-2-1-3-6(7)8/h1-4H,5H2. The Morgan fingerprint density at radius 1 is 0.520 bits per heavy atom. The fourth-order valence-electron chi connectivity index (χ4n) is 3.15. The minimum absolute atomic E-state index is 0.00442. The molecule has 1 aromatic rings. The second-order valence-corrected chi connectivity index (χ2v) is 5.52. The van der Waals surface area contributed by atoms with Crippen LogP contribution in [0.3, 0.4) is 0 Å². The highest BCUT2D eigenvalue weighted by atomic mass is 19.4. The largest absolute Gasteiger partial charge is 0.407 e. The quantitative estimate of drug-likeness (QED) is 0.490. The Bertz CT molecular complexity index is 572. The SMILES string of the molecule is FC(F)(F)C1(C(F)(F)F)CC(C(F)(F)F)(C(F)(F)F)c2ccccc21. The van der Waals surface area contributed by atoms with Crippen LogP contribution in [0.15, 0.2) is 24.3 Å². The number of fused-ring (bicyclic) bond motifs is 1. The maximum atomic E-state index is 13.3. The predicted molar refractivity (Wildman–Crippen MR) is 58.6 cm³/mol. The molecule has 0 aromatic heterocycles. The molecule has 12 heteroatoms. The van der Waals surface area contributed by atoms with Gasteiger partial charge in [0.2, 0.25) is 0 Å². The predicted octanol–water partition coefficient (Wildman–Crippen LogP) is 5.82. The monoisotopic (exact) mass is 390 g/mol. The minimum Gasteiger partial charge on any atom is -0.170 e. The molecule has 0 radical (unpaired) electrons. The van der Waals surface area contributed by atoms with Crippen LogP contribution in [-0.4, -0.2) is 24.7 Å². The van der Waals surface area contributed by atoms with E-state index < -0.39 is 53.1 Å². The summed E-state index contributed by atoms with van der Waals surface area (Å²) in [6.07, 6.45) is -29.0. The van der Waals surface area contributed by atoms with E-state index in [1.54, 1.807) is 0 Å². The van der Waals surface area contributed by atoms with Crippen LogP contribution in [0.5, 0.6) is 0 Å². The van der Waals surface area contributed by atoms with Crippen LogP contribution in [-0.2, 0) is 10.8 Å². The highest BCUT2D eigenvalue weighted by Gasteiger charge is 2.86. The molecule has 0 nitrogen and oxygen atoms in total. The lowest BCUT2D eigenvalue weighted by atomic mass is 9.74. The topological polar surface area (TPSA) is 0 Å². The Labute approximate surface area is 131 Å². The molecule has 0 bridgehead atoms. The second kappa shape index (κ2) is 4.97. The lowest BCUT2D eigenvalue weighted by molar-refractivity contribution is -0.339. The number of rotatable bonds is 0. The molecule has 25 heavy (non-hydrogen) atoms. The zero-order valence-corrected chi connectivity index (χ0v) is 11.6. The Kier molecular flexibility index (Phi) is 3.91. The van der Waals surface area contributed by atoms with Crippen LogP contribution in [0.4, 0.5) is 52.7 Å². The van der Waals surface area contributed by atoms with Crippen molar-refractivity contribution >= 4 is 0 Å². The molecule has 1 aliphatic carbocycles. The molecule has 0 amide bonds. The molecule has 2 rings (SSSR count). The van der Waals surface area contributed by atoms with Crippen molar-refractivity contribution in [1.82, 2.24) is 0 Å². The first-order valence-electron chi connectivity index (χ1n) is 6.30. The van der Waals surface area contributed by atoms with Crippen LogP contribution in [0, 0.1) is 0 Å². The molecule has 0 N–H and O–H groups in total. The summed E-state index contributed by atoms with van der Waals surface area (Å²) in [5, 5.41) is 0. The van der Waals surface area contributed by atoms with Crippen molar-refractivity contribution in [1.29, 1.82) is 0 Å². The molecule has 0 saturated carbocycles. The van der Waals surface area contributed by atoms with E-state index in [4.69, 9.17) is 0 Å². The summed E-state index contributed by atoms with van der Waals surface area (Å²) in [6.45, 7) is 0. The van der Waals surface area contributed by atoms with Gasteiger partial charge in [-0.25, -0.2) is 0 Å². The van der Waals surface area contributed by atoms with E-state index >= 15 is 0 Å². The maximum Gasteiger partial charge on any atom is 0.407 e. The Morgan fingerprint density at radius 2 is 0.760 bits per heavy atom. The van der Waals surface area contributed by atoms with Gasteiger partial charge in [-0.3, -0.25) is 0 Å². The van der Waals surface area contributed by atoms with E-state index in [2.05, 4.69) is 0 Å². The van der Waals surface area contributed by atoms with Crippen LogP contribution < -0.4 is 0 Å². The van der Waals surface area contributed by atoms with E-state index in [1.165, 1.54) is 0 Å². The van der Waals surface area contributed by atoms with E-state index in [0.29, 0.717) is 12.1 Å². The van der Waals surface area contributed by atoms with Crippen molar-refractivity contribution in [3.8, 4) is 0 Å². The maximum absolute atomic E-state index is 13.3. The molecular weight excluding hydrogens is 384 g/mol. The molecule has 0 fully saturated rings. The summed E-state index contributed by atoms with van der Waals surface area (Å²) in [5.41, 5.74) is -14.8. The van der Waals surface area contributed by atoms with Crippen LogP contribution in [0.1, 0.15) is 17.5 Å². The number of hydrogen-bond acceptors (Lipinski definition) is 0. The van der Waals surface area contributed by atoms with Gasteiger partial charge < -0.3 is 0 Å². The average molecular weight is 390 g/mol. The fourth-order valence-corrected chi connectivity index (χ4v) is 3.15. The zero-order valence-electron chi connectivity index (χ0n) is 11.6. The van der Waals surface area contributed by atoms with Gasteiger partial charge in [0.1, 0.15) is 0 Å². The van der Waals surface area contributed by atoms with Crippen LogP contribution in [0.25, 0.3) is 0 Å². The van der Waals surface area contributed by atoms with Crippen molar-refractivity contribution in [2.24, 2.45) is 0 Å². The van der Waals surface area contributed by atoms with Crippen molar-refractivity contribution in [2.45, 2.75) is 42.0 Å². The molecule has 1 aromatic carbocycles. The smallest absolute Gasteiger partial charge is 0.170 e. The summed E-state index contributed by atoms with van der Waals surface area (Å²) in [6, 6.07) is 1.03. The highest BCUT2D eigenvalue weighted by Crippen LogP contribution is 2.70. The first-order valence-corrected chi connectivity index (χ1v) is 6.30. The Balaban J connectivity index is 3.02. The molecule has 0 saturated heterocycles. The van der Waals surface area contributed by atoms with Crippen LogP contribution in [0.2, 0.25) is 0 Å². The van der Waals surface area contributed by atoms with E-state index in [0.717, 1.165) is 0 Å². The van der Waals surface area contributed by atoms with Gasteiger partial charge >= 0.3 is 24.7 Å². The summed E-state index contributed by atoms with van der Waals surface area (Å²) in [7, 11) is 0. The molecule has 0 atom stereocenters. The first-order chi connectivity index (χ1) is 10.9. The van der Waals surface area contributed by atoms with Gasteiger partial charge in [-0.2, -0.15) is 52.7 Å². The molecular formula is C13H6F12. The Morgan fingerprint density at radius 3 is 0.960 bits per heavy atom. The van der Waals surface area contributed by atoms with Crippen LogP contribution >= 0.6 is 0 Å². The third-order valence-corrected chi connectivity index (χ3v) is 4.31. The molecule has 0 unspecified atom stereocenters. The lowest BCUT2D eigenvalue weighted by Gasteiger charge is -2.38. The number of benzene rings is 1. The van der Waals surface area contributed by atoms with Gasteiger partial charge in [0.25, 0.3) is 0 Å². The van der Waals surface area contributed by atoms with Gasteiger partial charge in [0.05, 0.1) is 0 Å². The van der Waals surface area contributed by atoms with Gasteiger partial charge in [-0.1, -0.05) is 24.3 Å². The van der Waals surface area contributed by atoms with Crippen molar-refractivity contribution in [3.63, 3.8) is 0 Å². The third-order valence-electron chi connectivity index (χ3n) is 4.31. The normalized spacial score (nSPS) is 20.5. The molecule has 0 aliphatic heterocycles. The second-order valence-electron chi connectivity index (χ2n) is 5.52. The van der Waals surface area contributed by atoms with Crippen molar-refractivity contribution in [3.05, 3.63) is 35.4 Å². The van der Waals surface area contributed by atoms with Gasteiger partial charge in [0.15, 0.2) is 10.8 Å². The van der Waals surface area contributed by atoms with Crippen molar-refractivity contribution < 1.29 is 52.7 Å². The summed E-state index contributed by atoms with van der Waals surface area (Å²) in [5.74, 6) is 0. The summed E-state index contributed by atoms with van der Waals surface area (Å²) < 4.78 is 159. The third kappa shape index (κ3) is 2.31. The fraction of sp³-hybridized carbons (Fsp3) is 0.538. The van der Waals surface area contributed by atoms with E-state index in [1.807, 2.05) is 0 Å². The minimum atomic E-state index is -6.43. The number of hydrogen-bond donors (Lipinski definition) is 0. The van der Waals surface area contributed by atoms with Gasteiger partial charge in [0, 0.05) is 6.42 Å². The average Bonchev–Trinajstić information content (AvgIpc) is 2.69. The lowest BCUT2D eigenvalue weighted by Crippen LogP contribution is -2.58. The first kappa shape index (κ1) is 19.7. The zero-order chi connectivity index (χ0) is 19.7. The molecule has 142 valence electrons. The highest BCUT2D eigenvalue weighted by molar-refractivity contribution is 5.51. The van der Waals surface area contributed by atoms with Crippen molar-refractivity contribution in [2.75, 3.05) is 0 Å². The molecule has 0 spiro atoms. The number of alkyl halides is 12. The molecule has 1 aliphatic rings.